The van der Waals surface area contributed by atoms with Crippen LogP contribution in [0.5, 0.6) is 5.75 Å². The van der Waals surface area contributed by atoms with Gasteiger partial charge >= 0.3 is 0 Å². The molecule has 3 rings (SSSR count). The number of rotatable bonds is 5. The molecule has 1 aromatic heterocycles. The Morgan fingerprint density at radius 1 is 1.27 bits per heavy atom. The molecule has 1 aliphatic heterocycles. The lowest BCUT2D eigenvalue weighted by Gasteiger charge is -2.29. The van der Waals surface area contributed by atoms with Gasteiger partial charge in [-0.3, -0.25) is 4.90 Å². The average molecular weight is 317 g/mol. The summed E-state index contributed by atoms with van der Waals surface area (Å²) in [6.45, 7) is 5.70. The molecule has 1 aliphatic rings. The second kappa shape index (κ2) is 7.11. The Morgan fingerprint density at radius 2 is 2.00 bits per heavy atom. The Morgan fingerprint density at radius 3 is 2.68 bits per heavy atom. The molecule has 0 amide bonds. The highest BCUT2D eigenvalue weighted by atomic mass is 32.1. The van der Waals surface area contributed by atoms with Crippen molar-refractivity contribution in [3.63, 3.8) is 0 Å². The molecule has 0 unspecified atom stereocenters. The van der Waals surface area contributed by atoms with Gasteiger partial charge in [-0.2, -0.15) is 0 Å². The third-order valence-corrected chi connectivity index (χ3v) is 4.96. The summed E-state index contributed by atoms with van der Waals surface area (Å²) in [7, 11) is 1.68. The van der Waals surface area contributed by atoms with Gasteiger partial charge in [-0.15, -0.1) is 11.3 Å². The van der Waals surface area contributed by atoms with Crippen LogP contribution in [0.4, 0.5) is 10.8 Å². The number of ether oxygens (including phenoxy) is 1. The monoisotopic (exact) mass is 317 g/mol. The quantitative estimate of drug-likeness (QED) is 0.900. The average Bonchev–Trinajstić information content (AvgIpc) is 2.97. The van der Waals surface area contributed by atoms with Crippen molar-refractivity contribution in [2.45, 2.75) is 26.3 Å². The first-order valence-electron chi connectivity index (χ1n) is 7.81. The fourth-order valence-corrected chi connectivity index (χ4v) is 3.41. The van der Waals surface area contributed by atoms with Crippen molar-refractivity contribution in [2.75, 3.05) is 25.5 Å². The molecule has 2 aromatic rings. The number of likely N-dealkylation sites (tertiary alicyclic amines) is 1. The van der Waals surface area contributed by atoms with E-state index in [0.717, 1.165) is 34.7 Å². The predicted octanol–water partition coefficient (Wildman–Crippen LogP) is 4.13. The minimum atomic E-state index is 0.865. The zero-order chi connectivity index (χ0) is 15.4. The third-order valence-electron chi connectivity index (χ3n) is 4.15. The van der Waals surface area contributed by atoms with Gasteiger partial charge in [0.05, 0.1) is 12.8 Å². The zero-order valence-corrected chi connectivity index (χ0v) is 14.0. The molecule has 1 aromatic carbocycles. The van der Waals surface area contributed by atoms with Crippen LogP contribution in [-0.4, -0.2) is 30.1 Å². The van der Waals surface area contributed by atoms with Crippen LogP contribution < -0.4 is 10.1 Å². The summed E-state index contributed by atoms with van der Waals surface area (Å²) in [5.74, 6) is 1.74. The van der Waals surface area contributed by atoms with Crippen molar-refractivity contribution in [1.29, 1.82) is 0 Å². The molecule has 0 aliphatic carbocycles. The van der Waals surface area contributed by atoms with E-state index >= 15 is 0 Å². The number of benzene rings is 1. The van der Waals surface area contributed by atoms with E-state index in [0.29, 0.717) is 0 Å². The molecule has 2 heterocycles. The fourth-order valence-electron chi connectivity index (χ4n) is 2.68. The van der Waals surface area contributed by atoms with Crippen LogP contribution in [0.2, 0.25) is 0 Å². The molecule has 1 fully saturated rings. The maximum atomic E-state index is 5.17. The number of hydrogen-bond acceptors (Lipinski definition) is 5. The van der Waals surface area contributed by atoms with E-state index in [2.05, 4.69) is 22.5 Å². The van der Waals surface area contributed by atoms with Gasteiger partial charge in [0.1, 0.15) is 5.75 Å². The number of methoxy groups -OCH3 is 1. The first-order valence-corrected chi connectivity index (χ1v) is 8.69. The molecule has 118 valence electrons. The molecule has 5 heteroatoms. The van der Waals surface area contributed by atoms with Gasteiger partial charge in [-0.05, 0) is 56.1 Å². The molecular formula is C17H23N3OS. The standard InChI is InChI=1S/C17H23N3OS/c1-13-7-9-20(10-8-13)11-15-12-22-17(19-15)18-14-3-5-16(21-2)6-4-14/h3-6,12-13H,7-11H2,1-2H3,(H,18,19). The molecule has 1 saturated heterocycles. The summed E-state index contributed by atoms with van der Waals surface area (Å²) in [6.07, 6.45) is 2.61. The second-order valence-corrected chi connectivity index (χ2v) is 6.81. The van der Waals surface area contributed by atoms with Gasteiger partial charge in [0, 0.05) is 17.6 Å². The van der Waals surface area contributed by atoms with Crippen LogP contribution in [-0.2, 0) is 6.54 Å². The van der Waals surface area contributed by atoms with Gasteiger partial charge in [0.25, 0.3) is 0 Å². The second-order valence-electron chi connectivity index (χ2n) is 5.96. The number of thiazole rings is 1. The lowest BCUT2D eigenvalue weighted by molar-refractivity contribution is 0.184. The van der Waals surface area contributed by atoms with Crippen molar-refractivity contribution in [1.82, 2.24) is 9.88 Å². The lowest BCUT2D eigenvalue weighted by atomic mass is 9.99. The van der Waals surface area contributed by atoms with Crippen molar-refractivity contribution < 1.29 is 4.74 Å². The van der Waals surface area contributed by atoms with Crippen LogP contribution in [0.15, 0.2) is 29.6 Å². The van der Waals surface area contributed by atoms with E-state index < -0.39 is 0 Å². The lowest BCUT2D eigenvalue weighted by Crippen LogP contribution is -2.32. The smallest absolute Gasteiger partial charge is 0.187 e. The van der Waals surface area contributed by atoms with Crippen molar-refractivity contribution >= 4 is 22.2 Å². The summed E-state index contributed by atoms with van der Waals surface area (Å²) in [5.41, 5.74) is 2.20. The van der Waals surface area contributed by atoms with Gasteiger partial charge < -0.3 is 10.1 Å². The summed E-state index contributed by atoms with van der Waals surface area (Å²) in [6, 6.07) is 7.91. The third kappa shape index (κ3) is 3.99. The molecule has 0 atom stereocenters. The SMILES string of the molecule is COc1ccc(Nc2nc(CN3CCC(C)CC3)cs2)cc1. The summed E-state index contributed by atoms with van der Waals surface area (Å²) < 4.78 is 5.17. The number of nitrogens with zero attached hydrogens (tertiary/aromatic N) is 2. The molecule has 22 heavy (non-hydrogen) atoms. The van der Waals surface area contributed by atoms with E-state index in [1.807, 2.05) is 24.3 Å². The van der Waals surface area contributed by atoms with Crippen LogP contribution in [0.1, 0.15) is 25.5 Å². The van der Waals surface area contributed by atoms with Gasteiger partial charge in [0.2, 0.25) is 0 Å². The number of anilines is 2. The zero-order valence-electron chi connectivity index (χ0n) is 13.2. The van der Waals surface area contributed by atoms with E-state index in [1.165, 1.54) is 25.9 Å². The van der Waals surface area contributed by atoms with Crippen molar-refractivity contribution in [3.05, 3.63) is 35.3 Å². The minimum absolute atomic E-state index is 0.865. The Balaban J connectivity index is 1.56. The number of piperidine rings is 1. The topological polar surface area (TPSA) is 37.4 Å². The van der Waals surface area contributed by atoms with Crippen molar-refractivity contribution in [3.8, 4) is 5.75 Å². The fraction of sp³-hybridized carbons (Fsp3) is 0.471. The highest BCUT2D eigenvalue weighted by molar-refractivity contribution is 7.13. The molecule has 4 nitrogen and oxygen atoms in total. The maximum Gasteiger partial charge on any atom is 0.187 e. The van der Waals surface area contributed by atoms with Gasteiger partial charge in [-0.25, -0.2) is 4.98 Å². The van der Waals surface area contributed by atoms with Crippen LogP contribution >= 0.6 is 11.3 Å². The largest absolute Gasteiger partial charge is 0.497 e. The number of nitrogens with one attached hydrogen (secondary N) is 1. The van der Waals surface area contributed by atoms with E-state index in [9.17, 15) is 0 Å². The summed E-state index contributed by atoms with van der Waals surface area (Å²) >= 11 is 1.66. The van der Waals surface area contributed by atoms with Crippen LogP contribution in [0.3, 0.4) is 0 Å². The number of hydrogen-bond donors (Lipinski definition) is 1. The first kappa shape index (κ1) is 15.3. The van der Waals surface area contributed by atoms with E-state index in [4.69, 9.17) is 9.72 Å². The van der Waals surface area contributed by atoms with Crippen LogP contribution in [0.25, 0.3) is 0 Å². The highest BCUT2D eigenvalue weighted by Gasteiger charge is 2.16. The normalized spacial score (nSPS) is 16.6. The van der Waals surface area contributed by atoms with Crippen molar-refractivity contribution in [2.24, 2.45) is 5.92 Å². The summed E-state index contributed by atoms with van der Waals surface area (Å²) in [4.78, 5) is 7.20. The van der Waals surface area contributed by atoms with E-state index in [-0.39, 0.29) is 0 Å². The number of aromatic nitrogens is 1. The van der Waals surface area contributed by atoms with Gasteiger partial charge in [0.15, 0.2) is 5.13 Å². The summed E-state index contributed by atoms with van der Waals surface area (Å²) in [5, 5.41) is 6.46. The minimum Gasteiger partial charge on any atom is -0.497 e. The van der Waals surface area contributed by atoms with Gasteiger partial charge in [-0.1, -0.05) is 6.92 Å². The highest BCUT2D eigenvalue weighted by Crippen LogP contribution is 2.24. The molecule has 0 spiro atoms. The Kier molecular flexibility index (Phi) is 4.95. The molecular weight excluding hydrogens is 294 g/mol. The Labute approximate surface area is 136 Å². The first-order chi connectivity index (χ1) is 10.7. The Bertz CT molecular complexity index is 588. The molecule has 0 bridgehead atoms. The Hall–Kier alpha value is -1.59. The molecule has 1 N–H and O–H groups in total. The predicted molar refractivity (Wildman–Crippen MR) is 92.1 cm³/mol. The van der Waals surface area contributed by atoms with E-state index in [1.54, 1.807) is 18.4 Å². The molecule has 0 radical (unpaired) electrons. The van der Waals surface area contributed by atoms with Crippen LogP contribution in [0, 0.1) is 5.92 Å². The molecule has 0 saturated carbocycles. The maximum absolute atomic E-state index is 5.17.